The number of aryl methyl sites for hydroxylation is 3. The summed E-state index contributed by atoms with van der Waals surface area (Å²) in [5, 5.41) is 8.37. The van der Waals surface area contributed by atoms with Crippen molar-refractivity contribution in [2.24, 2.45) is 0 Å². The van der Waals surface area contributed by atoms with Gasteiger partial charge in [0.15, 0.2) is 5.69 Å². The van der Waals surface area contributed by atoms with Crippen molar-refractivity contribution in [1.82, 2.24) is 19.8 Å². The SMILES string of the molecule is CCn1ccc(CN(C)C(=O)c2noc(C)c2COc2ccccc2C)n1. The molecule has 0 saturated carbocycles. The second-order valence-electron chi connectivity index (χ2n) is 6.44. The van der Waals surface area contributed by atoms with Crippen LogP contribution in [0.3, 0.4) is 0 Å². The standard InChI is InChI=1S/C20H24N4O3/c1-5-24-11-10-16(21-24)12-23(4)20(25)19-17(15(3)27-22-19)13-26-18-9-7-6-8-14(18)2/h6-11H,5,12-13H2,1-4H3. The minimum atomic E-state index is -0.221. The normalized spacial score (nSPS) is 10.8. The van der Waals surface area contributed by atoms with E-state index in [0.717, 1.165) is 23.6 Å². The highest BCUT2D eigenvalue weighted by Gasteiger charge is 2.24. The average molecular weight is 368 g/mol. The summed E-state index contributed by atoms with van der Waals surface area (Å²) in [5.74, 6) is 1.13. The smallest absolute Gasteiger partial charge is 0.276 e. The number of carbonyl (C=O) groups is 1. The first-order valence-corrected chi connectivity index (χ1v) is 8.91. The molecule has 0 atom stereocenters. The van der Waals surface area contributed by atoms with E-state index in [1.54, 1.807) is 18.9 Å². The van der Waals surface area contributed by atoms with Gasteiger partial charge in [0.05, 0.1) is 17.8 Å². The van der Waals surface area contributed by atoms with E-state index in [1.807, 2.05) is 55.1 Å². The van der Waals surface area contributed by atoms with Gasteiger partial charge >= 0.3 is 0 Å². The molecule has 7 heteroatoms. The predicted molar refractivity (Wildman–Crippen MR) is 100 cm³/mol. The van der Waals surface area contributed by atoms with Crippen LogP contribution in [-0.4, -0.2) is 32.8 Å². The van der Waals surface area contributed by atoms with Gasteiger partial charge < -0.3 is 14.2 Å². The third kappa shape index (κ3) is 4.19. The first-order chi connectivity index (χ1) is 13.0. The number of aromatic nitrogens is 3. The summed E-state index contributed by atoms with van der Waals surface area (Å²) in [6, 6.07) is 9.65. The van der Waals surface area contributed by atoms with Gasteiger partial charge in [0.25, 0.3) is 5.91 Å². The van der Waals surface area contributed by atoms with Gasteiger partial charge in [-0.3, -0.25) is 9.48 Å². The molecule has 3 aromatic rings. The van der Waals surface area contributed by atoms with Gasteiger partial charge in [-0.1, -0.05) is 23.4 Å². The third-order valence-electron chi connectivity index (χ3n) is 4.42. The number of ether oxygens (including phenoxy) is 1. The molecule has 0 spiro atoms. The van der Waals surface area contributed by atoms with Crippen LogP contribution in [0.4, 0.5) is 0 Å². The Labute approximate surface area is 158 Å². The predicted octanol–water partition coefficient (Wildman–Crippen LogP) is 3.36. The number of rotatable bonds is 7. The number of para-hydroxylation sites is 1. The van der Waals surface area contributed by atoms with Crippen molar-refractivity contribution in [3.63, 3.8) is 0 Å². The zero-order valence-electron chi connectivity index (χ0n) is 16.1. The van der Waals surface area contributed by atoms with Crippen LogP contribution in [0.25, 0.3) is 0 Å². The van der Waals surface area contributed by atoms with Gasteiger partial charge in [0.2, 0.25) is 0 Å². The summed E-state index contributed by atoms with van der Waals surface area (Å²) in [6.45, 7) is 7.19. The van der Waals surface area contributed by atoms with Gasteiger partial charge in [-0.05, 0) is 38.5 Å². The largest absolute Gasteiger partial charge is 0.488 e. The van der Waals surface area contributed by atoms with Crippen LogP contribution in [0.5, 0.6) is 5.75 Å². The van der Waals surface area contributed by atoms with Crippen LogP contribution in [-0.2, 0) is 19.7 Å². The van der Waals surface area contributed by atoms with Crippen LogP contribution >= 0.6 is 0 Å². The van der Waals surface area contributed by atoms with Crippen molar-refractivity contribution < 1.29 is 14.1 Å². The van der Waals surface area contributed by atoms with Gasteiger partial charge in [-0.25, -0.2) is 0 Å². The second kappa shape index (κ2) is 8.07. The van der Waals surface area contributed by atoms with E-state index in [9.17, 15) is 4.79 Å². The lowest BCUT2D eigenvalue weighted by atomic mass is 10.2. The molecule has 0 bridgehead atoms. The first-order valence-electron chi connectivity index (χ1n) is 8.91. The second-order valence-corrected chi connectivity index (χ2v) is 6.44. The zero-order chi connectivity index (χ0) is 19.4. The molecule has 0 aliphatic carbocycles. The number of amides is 1. The van der Waals surface area contributed by atoms with E-state index in [2.05, 4.69) is 10.3 Å². The van der Waals surface area contributed by atoms with Crippen LogP contribution in [0, 0.1) is 13.8 Å². The van der Waals surface area contributed by atoms with Crippen molar-refractivity contribution in [3.05, 3.63) is 64.8 Å². The summed E-state index contributed by atoms with van der Waals surface area (Å²) in [7, 11) is 1.73. The molecule has 1 amide bonds. The van der Waals surface area contributed by atoms with Crippen molar-refractivity contribution in [2.45, 2.75) is 40.5 Å². The summed E-state index contributed by atoms with van der Waals surface area (Å²) < 4.78 is 13.0. The highest BCUT2D eigenvalue weighted by Crippen LogP contribution is 2.21. The molecule has 0 fully saturated rings. The van der Waals surface area contributed by atoms with Gasteiger partial charge in [-0.15, -0.1) is 0 Å². The third-order valence-corrected chi connectivity index (χ3v) is 4.42. The quantitative estimate of drug-likeness (QED) is 0.639. The monoisotopic (exact) mass is 368 g/mol. The Balaban J connectivity index is 1.72. The Morgan fingerprint density at radius 2 is 2.04 bits per heavy atom. The number of benzene rings is 1. The van der Waals surface area contributed by atoms with E-state index in [4.69, 9.17) is 9.26 Å². The molecule has 0 unspecified atom stereocenters. The van der Waals surface area contributed by atoms with E-state index < -0.39 is 0 Å². The highest BCUT2D eigenvalue weighted by atomic mass is 16.5. The minimum absolute atomic E-state index is 0.221. The number of hydrogen-bond donors (Lipinski definition) is 0. The molecule has 142 valence electrons. The number of nitrogens with zero attached hydrogens (tertiary/aromatic N) is 4. The lowest BCUT2D eigenvalue weighted by molar-refractivity contribution is 0.0770. The molecule has 0 radical (unpaired) electrons. The fourth-order valence-corrected chi connectivity index (χ4v) is 2.76. The van der Waals surface area contributed by atoms with Crippen molar-refractivity contribution in [3.8, 4) is 5.75 Å². The minimum Gasteiger partial charge on any atom is -0.488 e. The summed E-state index contributed by atoms with van der Waals surface area (Å²) >= 11 is 0. The molecular weight excluding hydrogens is 344 g/mol. The molecule has 2 heterocycles. The van der Waals surface area contributed by atoms with Crippen LogP contribution in [0.15, 0.2) is 41.1 Å². The van der Waals surface area contributed by atoms with Gasteiger partial charge in [0, 0.05) is 19.8 Å². The van der Waals surface area contributed by atoms with E-state index >= 15 is 0 Å². The summed E-state index contributed by atoms with van der Waals surface area (Å²) in [5.41, 5.74) is 2.79. The Bertz CT molecular complexity index is 929. The number of carbonyl (C=O) groups excluding carboxylic acids is 1. The zero-order valence-corrected chi connectivity index (χ0v) is 16.1. The van der Waals surface area contributed by atoms with E-state index in [1.165, 1.54) is 0 Å². The van der Waals surface area contributed by atoms with Crippen molar-refractivity contribution in [1.29, 1.82) is 0 Å². The van der Waals surface area contributed by atoms with E-state index in [-0.39, 0.29) is 18.2 Å². The van der Waals surface area contributed by atoms with Gasteiger partial charge in [0.1, 0.15) is 18.1 Å². The van der Waals surface area contributed by atoms with Crippen LogP contribution < -0.4 is 4.74 Å². The molecule has 0 N–H and O–H groups in total. The molecule has 0 aliphatic heterocycles. The highest BCUT2D eigenvalue weighted by molar-refractivity contribution is 5.93. The molecular formula is C20H24N4O3. The van der Waals surface area contributed by atoms with Crippen LogP contribution in [0.1, 0.15) is 40.0 Å². The molecule has 7 nitrogen and oxygen atoms in total. The fourth-order valence-electron chi connectivity index (χ4n) is 2.76. The lowest BCUT2D eigenvalue weighted by Gasteiger charge is -2.15. The Morgan fingerprint density at radius 3 is 2.74 bits per heavy atom. The maximum absolute atomic E-state index is 12.9. The topological polar surface area (TPSA) is 73.4 Å². The Morgan fingerprint density at radius 1 is 1.26 bits per heavy atom. The fraction of sp³-hybridized carbons (Fsp3) is 0.350. The average Bonchev–Trinajstić information content (AvgIpc) is 3.27. The molecule has 3 rings (SSSR count). The number of hydrogen-bond acceptors (Lipinski definition) is 5. The molecule has 0 saturated heterocycles. The molecule has 1 aromatic carbocycles. The molecule has 2 aromatic heterocycles. The summed E-state index contributed by atoms with van der Waals surface area (Å²) in [6.07, 6.45) is 1.90. The lowest BCUT2D eigenvalue weighted by Crippen LogP contribution is -2.28. The Kier molecular flexibility index (Phi) is 5.59. The molecule has 0 aliphatic rings. The maximum Gasteiger partial charge on any atom is 0.276 e. The molecule has 27 heavy (non-hydrogen) atoms. The first kappa shape index (κ1) is 18.7. The van der Waals surface area contributed by atoms with Gasteiger partial charge in [-0.2, -0.15) is 5.10 Å². The summed E-state index contributed by atoms with van der Waals surface area (Å²) in [4.78, 5) is 14.4. The van der Waals surface area contributed by atoms with Crippen LogP contribution in [0.2, 0.25) is 0 Å². The van der Waals surface area contributed by atoms with E-state index in [0.29, 0.717) is 17.9 Å². The Hall–Kier alpha value is -3.09. The maximum atomic E-state index is 12.9. The van der Waals surface area contributed by atoms with Crippen molar-refractivity contribution >= 4 is 5.91 Å². The van der Waals surface area contributed by atoms with Crippen molar-refractivity contribution in [2.75, 3.05) is 7.05 Å².